The number of para-hydroxylation sites is 2. The smallest absolute Gasteiger partial charge is 0.240 e. The lowest BCUT2D eigenvalue weighted by molar-refractivity contribution is 0.207. The Morgan fingerprint density at radius 3 is 2.52 bits per heavy atom. The molecule has 0 saturated carbocycles. The molecule has 0 unspecified atom stereocenters. The molecule has 2 aromatic rings. The second-order valence-corrected chi connectivity index (χ2v) is 6.81. The van der Waals surface area contributed by atoms with E-state index in [4.69, 9.17) is 9.47 Å². The fourth-order valence-electron chi connectivity index (χ4n) is 3.53. The lowest BCUT2D eigenvalue weighted by Crippen LogP contribution is -2.52. The normalized spacial score (nSPS) is 14.7. The molecule has 1 aliphatic rings. The summed E-state index contributed by atoms with van der Waals surface area (Å²) in [4.78, 5) is 13.4. The van der Waals surface area contributed by atoms with Crippen LogP contribution in [0.4, 0.5) is 11.4 Å². The van der Waals surface area contributed by atoms with Crippen molar-refractivity contribution in [3.05, 3.63) is 41.6 Å². The van der Waals surface area contributed by atoms with Crippen molar-refractivity contribution in [2.75, 3.05) is 45.3 Å². The van der Waals surface area contributed by atoms with E-state index in [2.05, 4.69) is 33.3 Å². The van der Waals surface area contributed by atoms with Crippen LogP contribution >= 0.6 is 0 Å². The number of pyridine rings is 1. The van der Waals surface area contributed by atoms with Crippen molar-refractivity contribution in [3.8, 4) is 11.6 Å². The molecule has 8 nitrogen and oxygen atoms in total. The molecular weight excluding hydrogens is 370 g/mol. The minimum Gasteiger partial charge on any atom is -0.495 e. The first-order valence-electron chi connectivity index (χ1n) is 9.77. The quantitative estimate of drug-likeness (QED) is 0.454. The van der Waals surface area contributed by atoms with E-state index >= 15 is 0 Å². The number of anilines is 1. The van der Waals surface area contributed by atoms with E-state index in [0.717, 1.165) is 42.2 Å². The summed E-state index contributed by atoms with van der Waals surface area (Å²) in [6, 6.07) is 9.96. The molecular formula is C21H29N5O3. The van der Waals surface area contributed by atoms with Crippen LogP contribution in [0.1, 0.15) is 18.2 Å². The maximum Gasteiger partial charge on any atom is 0.240 e. The van der Waals surface area contributed by atoms with E-state index in [9.17, 15) is 5.21 Å². The highest BCUT2D eigenvalue weighted by molar-refractivity contribution is 5.83. The fraction of sp³-hybridized carbons (Fsp3) is 0.429. The Balaban J connectivity index is 1.79. The van der Waals surface area contributed by atoms with Gasteiger partial charge in [0.1, 0.15) is 11.4 Å². The standard InChI is InChI=1S/C21H29N5O3/c1-5-16-14-17(20(29-4)22-15(16)2)23-21(24-27)26-12-10-25(11-13-26)18-8-6-7-9-19(18)28-3/h6-9,14,27H,5,10-13H2,1-4H3,(H,23,24). The number of nitrogens with one attached hydrogen (secondary N) is 1. The molecule has 156 valence electrons. The molecule has 1 saturated heterocycles. The van der Waals surface area contributed by atoms with Crippen LogP contribution < -0.4 is 19.9 Å². The van der Waals surface area contributed by atoms with Crippen LogP contribution in [-0.4, -0.2) is 61.4 Å². The van der Waals surface area contributed by atoms with Gasteiger partial charge in [-0.2, -0.15) is 0 Å². The molecule has 1 aliphatic heterocycles. The molecule has 2 heterocycles. The highest BCUT2D eigenvalue weighted by Gasteiger charge is 2.22. The van der Waals surface area contributed by atoms with Crippen LogP contribution in [0.2, 0.25) is 0 Å². The molecule has 8 heteroatoms. The molecule has 0 aliphatic carbocycles. The monoisotopic (exact) mass is 399 g/mol. The summed E-state index contributed by atoms with van der Waals surface area (Å²) in [5.41, 5.74) is 5.94. The number of hydroxylamine groups is 1. The van der Waals surface area contributed by atoms with Gasteiger partial charge in [0.25, 0.3) is 0 Å². The molecule has 0 atom stereocenters. The second kappa shape index (κ2) is 9.47. The Hall–Kier alpha value is -3.00. The van der Waals surface area contributed by atoms with Gasteiger partial charge in [-0.3, -0.25) is 5.21 Å². The zero-order valence-electron chi connectivity index (χ0n) is 17.5. The van der Waals surface area contributed by atoms with Gasteiger partial charge < -0.3 is 19.3 Å². The van der Waals surface area contributed by atoms with E-state index in [0.29, 0.717) is 30.6 Å². The van der Waals surface area contributed by atoms with E-state index in [1.807, 2.05) is 36.1 Å². The fourth-order valence-corrected chi connectivity index (χ4v) is 3.53. The van der Waals surface area contributed by atoms with Gasteiger partial charge in [-0.1, -0.05) is 19.1 Å². The predicted molar refractivity (Wildman–Crippen MR) is 114 cm³/mol. The molecule has 29 heavy (non-hydrogen) atoms. The molecule has 3 rings (SSSR count). The summed E-state index contributed by atoms with van der Waals surface area (Å²) < 4.78 is 10.9. The van der Waals surface area contributed by atoms with Gasteiger partial charge in [0.2, 0.25) is 11.8 Å². The first-order valence-corrected chi connectivity index (χ1v) is 9.77. The van der Waals surface area contributed by atoms with Gasteiger partial charge in [0, 0.05) is 31.9 Å². The van der Waals surface area contributed by atoms with Crippen LogP contribution in [0.5, 0.6) is 11.6 Å². The maximum atomic E-state index is 9.73. The SMILES string of the molecule is CCc1cc(N=C(NO)N2CCN(c3ccccc3OC)CC2)c(OC)nc1C. The van der Waals surface area contributed by atoms with E-state index in [-0.39, 0.29) is 0 Å². The molecule has 0 bridgehead atoms. The van der Waals surface area contributed by atoms with Crippen LogP contribution in [0, 0.1) is 6.92 Å². The number of nitrogens with zero attached hydrogens (tertiary/aromatic N) is 4. The van der Waals surface area contributed by atoms with Crippen LogP contribution in [-0.2, 0) is 6.42 Å². The number of rotatable bonds is 5. The number of piperazine rings is 1. The average Bonchev–Trinajstić information content (AvgIpc) is 2.78. The third-order valence-corrected chi connectivity index (χ3v) is 5.17. The summed E-state index contributed by atoms with van der Waals surface area (Å²) in [5, 5.41) is 9.73. The summed E-state index contributed by atoms with van der Waals surface area (Å²) >= 11 is 0. The Morgan fingerprint density at radius 1 is 1.17 bits per heavy atom. The first kappa shape index (κ1) is 20.7. The number of guanidine groups is 1. The van der Waals surface area contributed by atoms with Crippen molar-refractivity contribution in [2.24, 2.45) is 4.99 Å². The van der Waals surface area contributed by atoms with Crippen molar-refractivity contribution >= 4 is 17.3 Å². The number of hydrogen-bond donors (Lipinski definition) is 2. The Labute approximate surface area is 171 Å². The summed E-state index contributed by atoms with van der Waals surface area (Å²) in [6.07, 6.45) is 0.852. The van der Waals surface area contributed by atoms with Gasteiger partial charge in [-0.05, 0) is 37.1 Å². The van der Waals surface area contributed by atoms with E-state index in [1.165, 1.54) is 0 Å². The number of aliphatic imine (C=N–C) groups is 1. The molecule has 0 amide bonds. The number of aryl methyl sites for hydroxylation is 2. The van der Waals surface area contributed by atoms with Crippen LogP contribution in [0.3, 0.4) is 0 Å². The van der Waals surface area contributed by atoms with Gasteiger partial charge >= 0.3 is 0 Å². The number of aromatic nitrogens is 1. The van der Waals surface area contributed by atoms with Crippen molar-refractivity contribution < 1.29 is 14.7 Å². The number of ether oxygens (including phenoxy) is 2. The van der Waals surface area contributed by atoms with Gasteiger partial charge in [-0.15, -0.1) is 0 Å². The zero-order chi connectivity index (χ0) is 20.8. The number of benzene rings is 1. The summed E-state index contributed by atoms with van der Waals surface area (Å²) in [5.74, 6) is 1.69. The molecule has 2 N–H and O–H groups in total. The molecule has 0 radical (unpaired) electrons. The highest BCUT2D eigenvalue weighted by Crippen LogP contribution is 2.30. The lowest BCUT2D eigenvalue weighted by Gasteiger charge is -2.37. The van der Waals surface area contributed by atoms with E-state index < -0.39 is 0 Å². The van der Waals surface area contributed by atoms with E-state index in [1.54, 1.807) is 14.2 Å². The van der Waals surface area contributed by atoms with Crippen molar-refractivity contribution in [2.45, 2.75) is 20.3 Å². The Bertz CT molecular complexity index is 863. The molecule has 1 fully saturated rings. The van der Waals surface area contributed by atoms with Gasteiger partial charge in [0.05, 0.1) is 19.9 Å². The highest BCUT2D eigenvalue weighted by atomic mass is 16.5. The second-order valence-electron chi connectivity index (χ2n) is 6.81. The van der Waals surface area contributed by atoms with Crippen LogP contribution in [0.25, 0.3) is 0 Å². The summed E-state index contributed by atoms with van der Waals surface area (Å²) in [7, 11) is 3.26. The number of methoxy groups -OCH3 is 2. The van der Waals surface area contributed by atoms with Gasteiger partial charge in [-0.25, -0.2) is 15.5 Å². The maximum absolute atomic E-state index is 9.73. The molecule has 0 spiro atoms. The largest absolute Gasteiger partial charge is 0.495 e. The minimum atomic E-state index is 0.385. The van der Waals surface area contributed by atoms with Crippen molar-refractivity contribution in [1.82, 2.24) is 15.4 Å². The third kappa shape index (κ3) is 4.54. The lowest BCUT2D eigenvalue weighted by atomic mass is 10.1. The molecule has 1 aromatic heterocycles. The predicted octanol–water partition coefficient (Wildman–Crippen LogP) is 2.76. The van der Waals surface area contributed by atoms with Crippen LogP contribution in [0.15, 0.2) is 35.3 Å². The number of hydrogen-bond acceptors (Lipinski definition) is 6. The van der Waals surface area contributed by atoms with Crippen molar-refractivity contribution in [3.63, 3.8) is 0 Å². The Kier molecular flexibility index (Phi) is 6.77. The van der Waals surface area contributed by atoms with Gasteiger partial charge in [0.15, 0.2) is 0 Å². The third-order valence-electron chi connectivity index (χ3n) is 5.17. The Morgan fingerprint density at radius 2 is 1.90 bits per heavy atom. The minimum absolute atomic E-state index is 0.385. The average molecular weight is 399 g/mol. The van der Waals surface area contributed by atoms with Crippen molar-refractivity contribution in [1.29, 1.82) is 0 Å². The molecule has 1 aromatic carbocycles. The first-order chi connectivity index (χ1) is 14.1. The zero-order valence-corrected chi connectivity index (χ0v) is 17.5. The summed E-state index contributed by atoms with van der Waals surface area (Å²) in [6.45, 7) is 7.00. The topological polar surface area (TPSA) is 82.5 Å².